The molecule has 8 nitrogen and oxygen atoms in total. The molecule has 1 aliphatic heterocycles. The Morgan fingerprint density at radius 1 is 1.29 bits per heavy atom. The second kappa shape index (κ2) is 8.74. The zero-order chi connectivity index (χ0) is 22.0. The topological polar surface area (TPSA) is 94.2 Å². The van der Waals surface area contributed by atoms with Crippen molar-refractivity contribution in [1.29, 1.82) is 0 Å². The van der Waals surface area contributed by atoms with E-state index in [0.29, 0.717) is 37.4 Å². The molecule has 0 bridgehead atoms. The molecule has 31 heavy (non-hydrogen) atoms. The average Bonchev–Trinajstić information content (AvgIpc) is 3.43. The quantitative estimate of drug-likeness (QED) is 0.584. The number of nitrogens with one attached hydrogen (secondary N) is 2. The third-order valence-corrected chi connectivity index (χ3v) is 7.41. The van der Waals surface area contributed by atoms with Crippen LogP contribution in [0.4, 0.5) is 10.2 Å². The van der Waals surface area contributed by atoms with Crippen LogP contribution >= 0.6 is 0 Å². The van der Waals surface area contributed by atoms with E-state index >= 15 is 0 Å². The molecule has 3 aromatic rings. The van der Waals surface area contributed by atoms with E-state index in [1.807, 2.05) is 12.1 Å². The van der Waals surface area contributed by atoms with Crippen LogP contribution in [-0.4, -0.2) is 59.4 Å². The SMILES string of the molecule is CN(C)S(=O)(=O)N1CCC(c2[nH]ncc2-c2ccnc(NCc3ccccc3F)c2)C1. The number of halogens is 1. The highest BCUT2D eigenvalue weighted by Crippen LogP contribution is 2.34. The van der Waals surface area contributed by atoms with Crippen molar-refractivity contribution in [2.24, 2.45) is 0 Å². The molecule has 2 N–H and O–H groups in total. The predicted octanol–water partition coefficient (Wildman–Crippen LogP) is 2.82. The molecule has 0 radical (unpaired) electrons. The normalized spacial score (nSPS) is 17.4. The summed E-state index contributed by atoms with van der Waals surface area (Å²) in [5, 5.41) is 10.4. The second-order valence-electron chi connectivity index (χ2n) is 7.71. The van der Waals surface area contributed by atoms with Gasteiger partial charge in [0.2, 0.25) is 0 Å². The Morgan fingerprint density at radius 3 is 2.87 bits per heavy atom. The molecular weight excluding hydrogens is 419 g/mol. The number of benzene rings is 1. The molecule has 10 heteroatoms. The Hall–Kier alpha value is -2.82. The molecule has 4 rings (SSSR count). The van der Waals surface area contributed by atoms with Gasteiger partial charge in [-0.25, -0.2) is 9.37 Å². The van der Waals surface area contributed by atoms with Crippen molar-refractivity contribution in [3.05, 3.63) is 65.9 Å². The van der Waals surface area contributed by atoms with E-state index in [-0.39, 0.29) is 11.7 Å². The lowest BCUT2D eigenvalue weighted by molar-refractivity contribution is 0.418. The lowest BCUT2D eigenvalue weighted by Gasteiger charge is -2.20. The summed E-state index contributed by atoms with van der Waals surface area (Å²) in [6, 6.07) is 10.4. The number of rotatable bonds is 7. The maximum atomic E-state index is 13.9. The molecule has 1 aromatic carbocycles. The Bertz CT molecular complexity index is 1160. The first kappa shape index (κ1) is 21.4. The fraction of sp³-hybridized carbons (Fsp3) is 0.333. The summed E-state index contributed by atoms with van der Waals surface area (Å²) in [5.74, 6) is 0.382. The Morgan fingerprint density at radius 2 is 2.10 bits per heavy atom. The maximum absolute atomic E-state index is 13.9. The number of aromatic nitrogens is 3. The maximum Gasteiger partial charge on any atom is 0.281 e. The van der Waals surface area contributed by atoms with Crippen LogP contribution in [0.2, 0.25) is 0 Å². The monoisotopic (exact) mass is 444 g/mol. The van der Waals surface area contributed by atoms with Crippen LogP contribution in [0.5, 0.6) is 0 Å². The summed E-state index contributed by atoms with van der Waals surface area (Å²) in [6.07, 6.45) is 4.15. The summed E-state index contributed by atoms with van der Waals surface area (Å²) in [5.41, 5.74) is 3.28. The number of aromatic amines is 1. The summed E-state index contributed by atoms with van der Waals surface area (Å²) in [7, 11) is -0.363. The van der Waals surface area contributed by atoms with Crippen molar-refractivity contribution >= 4 is 16.0 Å². The van der Waals surface area contributed by atoms with Gasteiger partial charge in [-0.05, 0) is 30.2 Å². The summed E-state index contributed by atoms with van der Waals surface area (Å²) in [4.78, 5) is 4.33. The molecule has 2 aromatic heterocycles. The van der Waals surface area contributed by atoms with E-state index in [1.165, 1.54) is 28.8 Å². The minimum Gasteiger partial charge on any atom is -0.366 e. The molecule has 3 heterocycles. The van der Waals surface area contributed by atoms with E-state index < -0.39 is 10.2 Å². The molecule has 1 atom stereocenters. The van der Waals surface area contributed by atoms with Gasteiger partial charge < -0.3 is 5.32 Å². The van der Waals surface area contributed by atoms with E-state index in [2.05, 4.69) is 20.5 Å². The molecule has 0 aliphatic carbocycles. The van der Waals surface area contributed by atoms with Gasteiger partial charge in [-0.2, -0.15) is 22.1 Å². The third kappa shape index (κ3) is 4.46. The van der Waals surface area contributed by atoms with Gasteiger partial charge >= 0.3 is 0 Å². The fourth-order valence-electron chi connectivity index (χ4n) is 3.76. The number of pyridine rings is 1. The van der Waals surface area contributed by atoms with Gasteiger partial charge in [-0.3, -0.25) is 5.10 Å². The number of hydrogen-bond acceptors (Lipinski definition) is 5. The zero-order valence-electron chi connectivity index (χ0n) is 17.4. The first-order valence-electron chi connectivity index (χ1n) is 10.0. The van der Waals surface area contributed by atoms with Crippen molar-refractivity contribution in [3.8, 4) is 11.1 Å². The van der Waals surface area contributed by atoms with Crippen molar-refractivity contribution < 1.29 is 12.8 Å². The molecular formula is C21H25FN6O2S. The fourth-order valence-corrected chi connectivity index (χ4v) is 4.93. The molecule has 1 saturated heterocycles. The van der Waals surface area contributed by atoms with Crippen LogP contribution in [0, 0.1) is 5.82 Å². The number of H-pyrrole nitrogens is 1. The molecule has 1 unspecified atom stereocenters. The highest BCUT2D eigenvalue weighted by molar-refractivity contribution is 7.86. The number of hydrogen-bond donors (Lipinski definition) is 2. The van der Waals surface area contributed by atoms with Gasteiger partial charge in [0, 0.05) is 62.7 Å². The van der Waals surface area contributed by atoms with E-state index in [0.717, 1.165) is 16.8 Å². The molecule has 0 saturated carbocycles. The van der Waals surface area contributed by atoms with Crippen LogP contribution in [0.3, 0.4) is 0 Å². The van der Waals surface area contributed by atoms with E-state index in [1.54, 1.807) is 30.6 Å². The smallest absolute Gasteiger partial charge is 0.281 e. The van der Waals surface area contributed by atoms with Crippen LogP contribution in [-0.2, 0) is 16.8 Å². The highest BCUT2D eigenvalue weighted by atomic mass is 32.2. The van der Waals surface area contributed by atoms with Crippen molar-refractivity contribution in [2.75, 3.05) is 32.5 Å². The summed E-state index contributed by atoms with van der Waals surface area (Å²) >= 11 is 0. The molecule has 164 valence electrons. The van der Waals surface area contributed by atoms with E-state index in [4.69, 9.17) is 0 Å². The third-order valence-electron chi connectivity index (χ3n) is 5.50. The first-order chi connectivity index (χ1) is 14.9. The minimum atomic E-state index is -3.44. The van der Waals surface area contributed by atoms with Crippen LogP contribution in [0.1, 0.15) is 23.6 Å². The average molecular weight is 445 g/mol. The Labute approximate surface area is 181 Å². The lowest BCUT2D eigenvalue weighted by Crippen LogP contribution is -2.38. The molecule has 1 aliphatic rings. The Balaban J connectivity index is 1.51. The van der Waals surface area contributed by atoms with Crippen molar-refractivity contribution in [3.63, 3.8) is 0 Å². The number of nitrogens with zero attached hydrogens (tertiary/aromatic N) is 4. The second-order valence-corrected chi connectivity index (χ2v) is 9.85. The first-order valence-corrected chi connectivity index (χ1v) is 11.4. The standard InChI is InChI=1S/C21H25FN6O2S/c1-27(2)31(29,30)28-10-8-17(14-28)21-18(13-25-26-21)15-7-9-23-20(11-15)24-12-16-5-3-4-6-19(16)22/h3-7,9,11,13,17H,8,10,12,14H2,1-2H3,(H,23,24)(H,25,26). The van der Waals surface area contributed by atoms with E-state index in [9.17, 15) is 12.8 Å². The molecule has 1 fully saturated rings. The Kier molecular flexibility index (Phi) is 6.03. The number of anilines is 1. The van der Waals surface area contributed by atoms with Crippen LogP contribution in [0.25, 0.3) is 11.1 Å². The van der Waals surface area contributed by atoms with Crippen LogP contribution in [0.15, 0.2) is 48.8 Å². The molecule has 0 amide bonds. The highest BCUT2D eigenvalue weighted by Gasteiger charge is 2.35. The van der Waals surface area contributed by atoms with Gasteiger partial charge in [-0.15, -0.1) is 0 Å². The van der Waals surface area contributed by atoms with Gasteiger partial charge in [0.05, 0.1) is 6.20 Å². The minimum absolute atomic E-state index is 0.0233. The largest absolute Gasteiger partial charge is 0.366 e. The van der Waals surface area contributed by atoms with Gasteiger partial charge in [0.1, 0.15) is 11.6 Å². The lowest BCUT2D eigenvalue weighted by atomic mass is 9.97. The van der Waals surface area contributed by atoms with Gasteiger partial charge in [0.15, 0.2) is 0 Å². The van der Waals surface area contributed by atoms with Gasteiger partial charge in [-0.1, -0.05) is 18.2 Å². The molecule has 0 spiro atoms. The zero-order valence-corrected chi connectivity index (χ0v) is 18.2. The van der Waals surface area contributed by atoms with Crippen LogP contribution < -0.4 is 5.32 Å². The predicted molar refractivity (Wildman–Crippen MR) is 117 cm³/mol. The van der Waals surface area contributed by atoms with Gasteiger partial charge in [0.25, 0.3) is 10.2 Å². The van der Waals surface area contributed by atoms with Crippen molar-refractivity contribution in [1.82, 2.24) is 23.8 Å². The van der Waals surface area contributed by atoms with Crippen molar-refractivity contribution in [2.45, 2.75) is 18.9 Å². The summed E-state index contributed by atoms with van der Waals surface area (Å²) < 4.78 is 41.5. The summed E-state index contributed by atoms with van der Waals surface area (Å²) in [6.45, 7) is 1.19.